The van der Waals surface area contributed by atoms with Gasteiger partial charge in [-0.2, -0.15) is 0 Å². The zero-order chi connectivity index (χ0) is 13.0. The first-order valence-electron chi connectivity index (χ1n) is 5.67. The van der Waals surface area contributed by atoms with Crippen LogP contribution in [0.15, 0.2) is 30.5 Å². The van der Waals surface area contributed by atoms with E-state index in [0.717, 1.165) is 11.4 Å². The van der Waals surface area contributed by atoms with E-state index in [0.29, 0.717) is 12.4 Å². The summed E-state index contributed by atoms with van der Waals surface area (Å²) in [5, 5.41) is 7.47. The molecule has 2 aromatic rings. The molecule has 0 saturated heterocycles. The summed E-state index contributed by atoms with van der Waals surface area (Å²) >= 11 is 0. The van der Waals surface area contributed by atoms with Gasteiger partial charge in [0.15, 0.2) is 0 Å². The summed E-state index contributed by atoms with van der Waals surface area (Å²) in [4.78, 5) is 0. The fourth-order valence-corrected chi connectivity index (χ4v) is 1.68. The molecule has 1 aromatic carbocycles. The Morgan fingerprint density at radius 2 is 1.89 bits per heavy atom. The Balaban J connectivity index is 2.01. The lowest BCUT2D eigenvalue weighted by Gasteiger charge is -2.06. The van der Waals surface area contributed by atoms with Gasteiger partial charge in [-0.05, 0) is 17.7 Å². The first-order chi connectivity index (χ1) is 8.72. The van der Waals surface area contributed by atoms with Crippen molar-refractivity contribution in [1.29, 1.82) is 0 Å². The highest BCUT2D eigenvalue weighted by Crippen LogP contribution is 2.22. The molecule has 0 atom stereocenters. The molecule has 18 heavy (non-hydrogen) atoms. The van der Waals surface area contributed by atoms with E-state index >= 15 is 0 Å². The number of anilines is 1. The number of hydrogen-bond acceptors (Lipinski definition) is 4. The first kappa shape index (κ1) is 12.3. The largest absolute Gasteiger partial charge is 0.497 e. The Morgan fingerprint density at radius 3 is 2.50 bits per heavy atom. The van der Waals surface area contributed by atoms with Gasteiger partial charge in [-0.3, -0.25) is 4.68 Å². The van der Waals surface area contributed by atoms with Crippen molar-refractivity contribution in [2.45, 2.75) is 6.54 Å². The molecule has 0 fully saturated rings. The number of hydrogen-bond donors (Lipinski definition) is 1. The minimum absolute atomic E-state index is 0.603. The summed E-state index contributed by atoms with van der Waals surface area (Å²) < 4.78 is 12.0. The van der Waals surface area contributed by atoms with Crippen molar-refractivity contribution in [3.05, 3.63) is 36.0 Å². The van der Waals surface area contributed by atoms with Crippen molar-refractivity contribution in [3.63, 3.8) is 0 Å². The van der Waals surface area contributed by atoms with Gasteiger partial charge in [-0.25, -0.2) is 0 Å². The van der Waals surface area contributed by atoms with E-state index < -0.39 is 0 Å². The molecule has 0 amide bonds. The van der Waals surface area contributed by atoms with Crippen LogP contribution in [0.1, 0.15) is 5.56 Å². The molecular weight excluding hydrogens is 230 g/mol. The molecule has 0 spiro atoms. The molecule has 1 N–H and O–H groups in total. The van der Waals surface area contributed by atoms with E-state index in [9.17, 15) is 0 Å². The zero-order valence-electron chi connectivity index (χ0n) is 10.8. The van der Waals surface area contributed by atoms with Crippen LogP contribution in [-0.2, 0) is 13.6 Å². The molecule has 2 rings (SSSR count). The maximum absolute atomic E-state index is 5.18. The molecule has 0 aliphatic heterocycles. The average molecular weight is 247 g/mol. The summed E-state index contributed by atoms with van der Waals surface area (Å²) in [5.41, 5.74) is 2.05. The van der Waals surface area contributed by atoms with Crippen LogP contribution < -0.4 is 14.8 Å². The van der Waals surface area contributed by atoms with E-state index in [2.05, 4.69) is 10.4 Å². The van der Waals surface area contributed by atoms with Gasteiger partial charge >= 0.3 is 0 Å². The van der Waals surface area contributed by atoms with Crippen molar-refractivity contribution in [3.8, 4) is 11.6 Å². The first-order valence-corrected chi connectivity index (χ1v) is 5.67. The third-order valence-electron chi connectivity index (χ3n) is 2.63. The van der Waals surface area contributed by atoms with Crippen molar-refractivity contribution >= 4 is 5.69 Å². The molecule has 0 bridgehead atoms. The molecule has 0 radical (unpaired) electrons. The number of rotatable bonds is 5. The highest BCUT2D eigenvalue weighted by molar-refractivity contribution is 5.51. The topological polar surface area (TPSA) is 48.3 Å². The quantitative estimate of drug-likeness (QED) is 0.878. The summed E-state index contributed by atoms with van der Waals surface area (Å²) in [7, 11) is 5.13. The second kappa shape index (κ2) is 5.44. The summed E-state index contributed by atoms with van der Waals surface area (Å²) in [6, 6.07) is 7.93. The van der Waals surface area contributed by atoms with Gasteiger partial charge < -0.3 is 14.8 Å². The molecule has 1 heterocycles. The van der Waals surface area contributed by atoms with Crippen LogP contribution in [0.5, 0.6) is 11.6 Å². The Labute approximate surface area is 106 Å². The molecular formula is C13H17N3O2. The molecule has 0 aliphatic rings. The minimum atomic E-state index is 0.603. The van der Waals surface area contributed by atoms with Crippen LogP contribution in [0.4, 0.5) is 5.69 Å². The number of nitrogens with zero attached hydrogens (tertiary/aromatic N) is 2. The Hall–Kier alpha value is -2.17. The smallest absolute Gasteiger partial charge is 0.256 e. The highest BCUT2D eigenvalue weighted by atomic mass is 16.5. The Bertz CT molecular complexity index is 505. The summed E-state index contributed by atoms with van der Waals surface area (Å²) in [6.45, 7) is 0.714. The second-order valence-electron chi connectivity index (χ2n) is 3.93. The van der Waals surface area contributed by atoms with Crippen LogP contribution >= 0.6 is 0 Å². The maximum Gasteiger partial charge on any atom is 0.256 e. The summed E-state index contributed by atoms with van der Waals surface area (Å²) in [6.07, 6.45) is 1.89. The average Bonchev–Trinajstić information content (AvgIpc) is 2.77. The molecule has 0 unspecified atom stereocenters. The van der Waals surface area contributed by atoms with Crippen molar-refractivity contribution in [2.24, 2.45) is 7.05 Å². The van der Waals surface area contributed by atoms with Gasteiger partial charge in [0.05, 0.1) is 20.4 Å². The monoisotopic (exact) mass is 247 g/mol. The fraction of sp³-hybridized carbons (Fsp3) is 0.308. The number of methoxy groups -OCH3 is 2. The molecule has 0 aliphatic carbocycles. The Kier molecular flexibility index (Phi) is 3.72. The van der Waals surface area contributed by atoms with Crippen molar-refractivity contribution in [2.75, 3.05) is 19.5 Å². The highest BCUT2D eigenvalue weighted by Gasteiger charge is 2.06. The van der Waals surface area contributed by atoms with Gasteiger partial charge in [0.1, 0.15) is 11.4 Å². The maximum atomic E-state index is 5.18. The van der Waals surface area contributed by atoms with Gasteiger partial charge in [0.25, 0.3) is 5.88 Å². The van der Waals surface area contributed by atoms with Gasteiger partial charge in [0.2, 0.25) is 0 Å². The van der Waals surface area contributed by atoms with Crippen molar-refractivity contribution in [1.82, 2.24) is 9.78 Å². The lowest BCUT2D eigenvalue weighted by atomic mass is 10.2. The number of nitrogens with one attached hydrogen (secondary N) is 1. The normalized spacial score (nSPS) is 10.2. The molecule has 5 nitrogen and oxygen atoms in total. The van der Waals surface area contributed by atoms with Crippen LogP contribution in [0.2, 0.25) is 0 Å². The zero-order valence-corrected chi connectivity index (χ0v) is 10.8. The second-order valence-corrected chi connectivity index (χ2v) is 3.93. The van der Waals surface area contributed by atoms with E-state index in [4.69, 9.17) is 9.47 Å². The van der Waals surface area contributed by atoms with Crippen molar-refractivity contribution < 1.29 is 9.47 Å². The third kappa shape index (κ3) is 2.74. The molecule has 1 aromatic heterocycles. The molecule has 96 valence electrons. The van der Waals surface area contributed by atoms with Crippen LogP contribution in [0.3, 0.4) is 0 Å². The van der Waals surface area contributed by atoms with E-state index in [1.54, 1.807) is 18.9 Å². The number of aromatic nitrogens is 2. The van der Waals surface area contributed by atoms with E-state index in [1.165, 1.54) is 5.56 Å². The summed E-state index contributed by atoms with van der Waals surface area (Å²) in [5.74, 6) is 1.46. The van der Waals surface area contributed by atoms with Gasteiger partial charge in [-0.15, -0.1) is 5.10 Å². The lowest BCUT2D eigenvalue weighted by molar-refractivity contribution is 0.393. The number of benzene rings is 1. The van der Waals surface area contributed by atoms with Crippen LogP contribution in [-0.4, -0.2) is 24.0 Å². The number of ether oxygens (including phenoxy) is 2. The standard InChI is InChI=1S/C13H17N3O2/c1-16-9-12(13(15-16)18-3)14-8-10-4-6-11(17-2)7-5-10/h4-7,9,14H,8H2,1-3H3. The molecule has 0 saturated carbocycles. The van der Waals surface area contributed by atoms with E-state index in [-0.39, 0.29) is 0 Å². The SMILES string of the molecule is COc1ccc(CNc2cn(C)nc2OC)cc1. The van der Waals surface area contributed by atoms with Crippen LogP contribution in [0.25, 0.3) is 0 Å². The lowest BCUT2D eigenvalue weighted by Crippen LogP contribution is -2.00. The number of aryl methyl sites for hydroxylation is 1. The van der Waals surface area contributed by atoms with E-state index in [1.807, 2.05) is 37.5 Å². The van der Waals surface area contributed by atoms with Gasteiger partial charge in [0, 0.05) is 13.6 Å². The predicted octanol–water partition coefficient (Wildman–Crippen LogP) is 2.05. The molecule has 5 heteroatoms. The minimum Gasteiger partial charge on any atom is -0.497 e. The van der Waals surface area contributed by atoms with Gasteiger partial charge in [-0.1, -0.05) is 12.1 Å². The third-order valence-corrected chi connectivity index (χ3v) is 2.63. The predicted molar refractivity (Wildman–Crippen MR) is 70.1 cm³/mol. The van der Waals surface area contributed by atoms with Crippen LogP contribution in [0, 0.1) is 0 Å². The Morgan fingerprint density at radius 1 is 1.17 bits per heavy atom. The fourth-order valence-electron chi connectivity index (χ4n) is 1.68.